The van der Waals surface area contributed by atoms with E-state index in [0.717, 1.165) is 15.6 Å². The van der Waals surface area contributed by atoms with E-state index < -0.39 is 29.8 Å². The number of halogens is 1. The average Bonchev–Trinajstić information content (AvgIpc) is 3.07. The van der Waals surface area contributed by atoms with Gasteiger partial charge in [0.05, 0.1) is 24.5 Å². The van der Waals surface area contributed by atoms with Crippen LogP contribution < -0.4 is 0 Å². The third-order valence-electron chi connectivity index (χ3n) is 7.45. The van der Waals surface area contributed by atoms with E-state index in [9.17, 15) is 29.7 Å². The summed E-state index contributed by atoms with van der Waals surface area (Å²) in [5.74, 6) is -3.12. The van der Waals surface area contributed by atoms with Crippen molar-refractivity contribution in [3.05, 3.63) is 45.0 Å². The zero-order chi connectivity index (χ0) is 27.3. The Morgan fingerprint density at radius 2 is 1.92 bits per heavy atom. The van der Waals surface area contributed by atoms with Gasteiger partial charge in [-0.2, -0.15) is 0 Å². The number of aliphatic hydroxyl groups excluding tert-OH is 2. The standard InChI is InChI=1S/C28H36BrNO7/c1-16(12-18-14-19(29)8-10-22(18)32)7-9-23(33)25-17(2)13-20-26(21(25)15-31)28(37)30(27(20)36)11-5-3-4-6-24(34)35/h8,10,12,14,20-21,23,26,31-33H,3-7,9,11,13,15H2,1-2H3,(H,34,35)/b16-12+/t20-,21+,23-,26-/m1/s1. The molecule has 202 valence electrons. The quantitative estimate of drug-likeness (QED) is 0.165. The number of carbonyl (C=O) groups excluding carboxylic acids is 2. The number of carboxylic acid groups (broad SMARTS) is 1. The molecule has 0 spiro atoms. The van der Waals surface area contributed by atoms with Crippen LogP contribution in [0.3, 0.4) is 0 Å². The second-order valence-corrected chi connectivity index (χ2v) is 11.1. The minimum atomic E-state index is -0.870. The molecule has 1 aromatic carbocycles. The second-order valence-electron chi connectivity index (χ2n) is 10.1. The van der Waals surface area contributed by atoms with Crippen molar-refractivity contribution in [2.75, 3.05) is 13.2 Å². The number of unbranched alkanes of at least 4 members (excludes halogenated alkanes) is 2. The van der Waals surface area contributed by atoms with Crippen LogP contribution in [0.5, 0.6) is 5.75 Å². The lowest BCUT2D eigenvalue weighted by Crippen LogP contribution is -2.38. The van der Waals surface area contributed by atoms with E-state index in [1.165, 1.54) is 4.90 Å². The Hall–Kier alpha value is -2.49. The number of imide groups is 1. The summed E-state index contributed by atoms with van der Waals surface area (Å²) in [7, 11) is 0. The molecule has 1 fully saturated rings. The van der Waals surface area contributed by atoms with E-state index in [1.807, 2.05) is 26.0 Å². The fourth-order valence-electron chi connectivity index (χ4n) is 5.62. The van der Waals surface area contributed by atoms with E-state index in [1.54, 1.807) is 12.1 Å². The highest BCUT2D eigenvalue weighted by Crippen LogP contribution is 2.46. The lowest BCUT2D eigenvalue weighted by molar-refractivity contribution is -0.141. The number of aromatic hydroxyl groups is 1. The molecule has 4 N–H and O–H groups in total. The van der Waals surface area contributed by atoms with Gasteiger partial charge < -0.3 is 20.4 Å². The fraction of sp³-hybridized carbons (Fsp3) is 0.536. The van der Waals surface area contributed by atoms with Crippen molar-refractivity contribution in [2.45, 2.75) is 64.9 Å². The molecular formula is C28H36BrNO7. The minimum Gasteiger partial charge on any atom is -0.507 e. The number of rotatable bonds is 12. The first-order chi connectivity index (χ1) is 17.5. The van der Waals surface area contributed by atoms with Gasteiger partial charge >= 0.3 is 5.97 Å². The van der Waals surface area contributed by atoms with Gasteiger partial charge in [-0.25, -0.2) is 0 Å². The summed E-state index contributed by atoms with van der Waals surface area (Å²) in [6.45, 7) is 3.68. The third-order valence-corrected chi connectivity index (χ3v) is 7.94. The maximum absolute atomic E-state index is 13.3. The van der Waals surface area contributed by atoms with Crippen molar-refractivity contribution < 1.29 is 34.8 Å². The van der Waals surface area contributed by atoms with Crippen LogP contribution in [0.15, 0.2) is 39.4 Å². The Morgan fingerprint density at radius 3 is 2.59 bits per heavy atom. The highest BCUT2D eigenvalue weighted by Gasteiger charge is 2.54. The number of carbonyl (C=O) groups is 3. The zero-order valence-electron chi connectivity index (χ0n) is 21.3. The highest BCUT2D eigenvalue weighted by molar-refractivity contribution is 9.10. The number of aliphatic hydroxyl groups is 2. The highest BCUT2D eigenvalue weighted by atomic mass is 79.9. The van der Waals surface area contributed by atoms with Crippen LogP contribution in [0.2, 0.25) is 0 Å². The van der Waals surface area contributed by atoms with Crippen LogP contribution in [0, 0.1) is 17.8 Å². The van der Waals surface area contributed by atoms with Crippen LogP contribution in [0.4, 0.5) is 0 Å². The summed E-state index contributed by atoms with van der Waals surface area (Å²) in [4.78, 5) is 38.3. The summed E-state index contributed by atoms with van der Waals surface area (Å²) in [6.07, 6.45) is 3.98. The van der Waals surface area contributed by atoms with Gasteiger partial charge in [-0.1, -0.05) is 39.6 Å². The minimum absolute atomic E-state index is 0.0583. The first-order valence-electron chi connectivity index (χ1n) is 12.8. The van der Waals surface area contributed by atoms with Gasteiger partial charge in [0.15, 0.2) is 0 Å². The molecule has 1 aliphatic heterocycles. The number of amides is 2. The second kappa shape index (κ2) is 12.8. The van der Waals surface area contributed by atoms with Crippen molar-refractivity contribution >= 4 is 39.8 Å². The molecule has 4 atom stereocenters. The molecule has 0 bridgehead atoms. The summed E-state index contributed by atoms with van der Waals surface area (Å²) in [5, 5.41) is 40.3. The number of fused-ring (bicyclic) bond motifs is 1. The monoisotopic (exact) mass is 577 g/mol. The van der Waals surface area contributed by atoms with Crippen LogP contribution in [-0.2, 0) is 14.4 Å². The summed E-state index contributed by atoms with van der Waals surface area (Å²) in [6, 6.07) is 5.17. The first-order valence-corrected chi connectivity index (χ1v) is 13.6. The number of allylic oxidation sites excluding steroid dienone is 2. The van der Waals surface area contributed by atoms with Gasteiger partial charge in [0.2, 0.25) is 11.8 Å². The SMILES string of the molecule is CC1=C([C@H](O)CC/C(C)=C/c2cc(Br)ccc2O)[C@H](CO)[C@@H]2C(=O)N(CCCCCC(=O)O)C(=O)[C@@H]2C1. The van der Waals surface area contributed by atoms with E-state index in [-0.39, 0.29) is 37.1 Å². The Morgan fingerprint density at radius 1 is 1.19 bits per heavy atom. The van der Waals surface area contributed by atoms with Gasteiger partial charge in [-0.15, -0.1) is 0 Å². The smallest absolute Gasteiger partial charge is 0.303 e. The number of carboxylic acids is 1. The number of phenols is 1. The fourth-order valence-corrected chi connectivity index (χ4v) is 6.00. The number of nitrogens with zero attached hydrogens (tertiary/aromatic N) is 1. The van der Waals surface area contributed by atoms with Gasteiger partial charge in [0.25, 0.3) is 0 Å². The molecule has 0 aromatic heterocycles. The summed E-state index contributed by atoms with van der Waals surface area (Å²) in [5.41, 5.74) is 3.11. The molecule has 2 amide bonds. The molecule has 0 radical (unpaired) electrons. The van der Waals surface area contributed by atoms with Crippen molar-refractivity contribution in [1.82, 2.24) is 4.90 Å². The Kier molecular flexibility index (Phi) is 10.1. The van der Waals surface area contributed by atoms with Crippen molar-refractivity contribution in [2.24, 2.45) is 17.8 Å². The molecule has 37 heavy (non-hydrogen) atoms. The van der Waals surface area contributed by atoms with Gasteiger partial charge in [-0.05, 0) is 69.7 Å². The molecule has 2 aliphatic rings. The summed E-state index contributed by atoms with van der Waals surface area (Å²) < 4.78 is 0.845. The van der Waals surface area contributed by atoms with Crippen molar-refractivity contribution in [3.8, 4) is 5.75 Å². The molecule has 9 heteroatoms. The molecular weight excluding hydrogens is 542 g/mol. The number of hydrogen-bond donors (Lipinski definition) is 4. The normalized spacial score (nSPS) is 23.0. The molecule has 0 unspecified atom stereocenters. The lowest BCUT2D eigenvalue weighted by Gasteiger charge is -2.35. The molecule has 1 heterocycles. The van der Waals surface area contributed by atoms with Crippen LogP contribution in [0.1, 0.15) is 64.4 Å². The van der Waals surface area contributed by atoms with Crippen LogP contribution >= 0.6 is 15.9 Å². The van der Waals surface area contributed by atoms with Crippen LogP contribution in [-0.4, -0.2) is 62.4 Å². The Bertz CT molecular complexity index is 1100. The zero-order valence-corrected chi connectivity index (χ0v) is 22.9. The predicted molar refractivity (Wildman–Crippen MR) is 142 cm³/mol. The Labute approximate surface area is 225 Å². The van der Waals surface area contributed by atoms with Crippen molar-refractivity contribution in [3.63, 3.8) is 0 Å². The largest absolute Gasteiger partial charge is 0.507 e. The molecule has 3 rings (SSSR count). The van der Waals surface area contributed by atoms with E-state index in [0.29, 0.717) is 49.7 Å². The van der Waals surface area contributed by atoms with E-state index in [4.69, 9.17) is 5.11 Å². The van der Waals surface area contributed by atoms with Gasteiger partial charge in [0, 0.05) is 28.9 Å². The Balaban J connectivity index is 1.67. The third kappa shape index (κ3) is 6.89. The van der Waals surface area contributed by atoms with E-state index in [2.05, 4.69) is 15.9 Å². The predicted octanol–water partition coefficient (Wildman–Crippen LogP) is 4.27. The number of aliphatic carboxylic acids is 1. The molecule has 1 saturated heterocycles. The average molecular weight is 579 g/mol. The number of phenolic OH excluding ortho intramolecular Hbond substituents is 1. The lowest BCUT2D eigenvalue weighted by atomic mass is 9.68. The number of likely N-dealkylation sites (tertiary alicyclic amines) is 1. The molecule has 8 nitrogen and oxygen atoms in total. The topological polar surface area (TPSA) is 135 Å². The maximum Gasteiger partial charge on any atom is 0.303 e. The molecule has 1 aliphatic carbocycles. The number of hydrogen-bond acceptors (Lipinski definition) is 6. The summed E-state index contributed by atoms with van der Waals surface area (Å²) >= 11 is 3.40. The maximum atomic E-state index is 13.3. The van der Waals surface area contributed by atoms with Crippen molar-refractivity contribution in [1.29, 1.82) is 0 Å². The number of benzene rings is 1. The van der Waals surface area contributed by atoms with Gasteiger partial charge in [-0.3, -0.25) is 19.3 Å². The van der Waals surface area contributed by atoms with Gasteiger partial charge in [0.1, 0.15) is 5.75 Å². The van der Waals surface area contributed by atoms with E-state index >= 15 is 0 Å². The molecule has 0 saturated carbocycles. The molecule has 1 aromatic rings. The first kappa shape index (κ1) is 29.1. The van der Waals surface area contributed by atoms with Crippen LogP contribution in [0.25, 0.3) is 6.08 Å².